The third kappa shape index (κ3) is 9.44. The topological polar surface area (TPSA) is 77.3 Å². The molecule has 0 aliphatic heterocycles. The molecule has 0 unspecified atom stereocenters. The van der Waals surface area contributed by atoms with Crippen molar-refractivity contribution >= 4 is 21.5 Å². The van der Waals surface area contributed by atoms with E-state index in [-0.39, 0.29) is 0 Å². The Labute approximate surface area is 614 Å². The Morgan fingerprint density at radius 3 is 0.962 bits per heavy atom. The standard InChI is InChI=1S/2C50H31N3/c1-2-17-37-32(12-1)13-10-21-42(37)48-30-47(34-15-9-14-33(28-34)36-16-11-27-51-31-36)52-49(53-48)35-25-26-41-40-20-5-8-24-45(40)50(46(41)29-35)43-22-6-3-18-38(43)39-19-4-7-23-44(39)50;1-2-12-33-27-36(23-22-32(33)11-1)48-30-47(35-14-9-13-34(28-35)38-15-10-26-51-31-38)52-49(53-48)37-24-25-42-41-18-5-8-21-45(41)50(46(42)29-37)43-19-6-3-16-39(43)40-17-4-7-20-44(40)50/h2*1-31H. The summed E-state index contributed by atoms with van der Waals surface area (Å²) >= 11 is 0. The Morgan fingerprint density at radius 2 is 0.509 bits per heavy atom. The lowest BCUT2D eigenvalue weighted by Gasteiger charge is -2.30. The Bertz CT molecular complexity index is 6480. The number of benzene rings is 14. The maximum Gasteiger partial charge on any atom is 0.160 e. The molecule has 2 spiro atoms. The predicted molar refractivity (Wildman–Crippen MR) is 431 cm³/mol. The van der Waals surface area contributed by atoms with Gasteiger partial charge in [-0.2, -0.15) is 0 Å². The number of nitrogens with zero attached hydrogens (tertiary/aromatic N) is 6. The average molecular weight is 1350 g/mol. The highest BCUT2D eigenvalue weighted by atomic mass is 14.9. The zero-order valence-electron chi connectivity index (χ0n) is 57.5. The zero-order valence-corrected chi connectivity index (χ0v) is 57.5. The predicted octanol–water partition coefficient (Wildman–Crippen LogP) is 24.1. The normalized spacial score (nSPS) is 13.1. The Balaban J connectivity index is 0.000000136. The molecule has 6 heteroatoms. The van der Waals surface area contributed by atoms with Crippen LogP contribution >= 0.6 is 0 Å². The summed E-state index contributed by atoms with van der Waals surface area (Å²) in [5, 5.41) is 4.73. The molecule has 0 bridgehead atoms. The first-order valence-electron chi connectivity index (χ1n) is 36.2. The van der Waals surface area contributed by atoms with Gasteiger partial charge < -0.3 is 0 Å². The lowest BCUT2D eigenvalue weighted by molar-refractivity contribution is 0.794. The van der Waals surface area contributed by atoms with Gasteiger partial charge in [0.05, 0.1) is 33.6 Å². The lowest BCUT2D eigenvalue weighted by Crippen LogP contribution is -2.25. The molecule has 4 aromatic heterocycles. The number of hydrogen-bond donors (Lipinski definition) is 0. The summed E-state index contributed by atoms with van der Waals surface area (Å²) in [6.07, 6.45) is 7.43. The summed E-state index contributed by atoms with van der Waals surface area (Å²) in [4.78, 5) is 30.2. The molecular formula is C100H62N6. The van der Waals surface area contributed by atoms with E-state index in [4.69, 9.17) is 19.9 Å². The van der Waals surface area contributed by atoms with Crippen molar-refractivity contribution in [2.75, 3.05) is 0 Å². The van der Waals surface area contributed by atoms with Gasteiger partial charge in [-0.05, 0) is 176 Å². The fourth-order valence-electron chi connectivity index (χ4n) is 17.8. The minimum atomic E-state index is -0.441. The zero-order chi connectivity index (χ0) is 69.9. The van der Waals surface area contributed by atoms with Gasteiger partial charge in [-0.25, -0.2) is 19.9 Å². The molecule has 22 rings (SSSR count). The molecule has 18 aromatic rings. The average Bonchev–Trinajstić information content (AvgIpc) is 1.52. The van der Waals surface area contributed by atoms with E-state index in [1.54, 1.807) is 0 Å². The molecule has 0 fully saturated rings. The van der Waals surface area contributed by atoms with Crippen LogP contribution in [0.15, 0.2) is 377 Å². The van der Waals surface area contributed by atoms with Gasteiger partial charge in [0.25, 0.3) is 0 Å². The molecule has 4 aliphatic rings. The monoisotopic (exact) mass is 1350 g/mol. The highest BCUT2D eigenvalue weighted by Gasteiger charge is 2.53. The van der Waals surface area contributed by atoms with E-state index in [1.165, 1.54) is 105 Å². The van der Waals surface area contributed by atoms with E-state index in [0.29, 0.717) is 11.6 Å². The summed E-state index contributed by atoms with van der Waals surface area (Å²) < 4.78 is 0. The second-order valence-electron chi connectivity index (χ2n) is 28.0. The van der Waals surface area contributed by atoms with Crippen LogP contribution in [0.5, 0.6) is 0 Å². The molecule has 14 aromatic carbocycles. The van der Waals surface area contributed by atoms with Crippen molar-refractivity contribution < 1.29 is 0 Å². The van der Waals surface area contributed by atoms with Gasteiger partial charge in [0.1, 0.15) is 0 Å². The second kappa shape index (κ2) is 24.4. The summed E-state index contributed by atoms with van der Waals surface area (Å²) in [5.41, 5.74) is 33.9. The van der Waals surface area contributed by atoms with Crippen molar-refractivity contribution in [3.63, 3.8) is 0 Å². The second-order valence-corrected chi connectivity index (χ2v) is 28.0. The Hall–Kier alpha value is -13.9. The molecule has 0 amide bonds. The summed E-state index contributed by atoms with van der Waals surface area (Å²) in [7, 11) is 0. The fourth-order valence-corrected chi connectivity index (χ4v) is 17.8. The first kappa shape index (κ1) is 60.8. The van der Waals surface area contributed by atoms with Gasteiger partial charge in [0.2, 0.25) is 0 Å². The molecule has 0 saturated carbocycles. The summed E-state index contributed by atoms with van der Waals surface area (Å²) in [6, 6.07) is 127. The van der Waals surface area contributed by atoms with Crippen molar-refractivity contribution in [1.82, 2.24) is 29.9 Å². The van der Waals surface area contributed by atoms with Crippen LogP contribution in [0.1, 0.15) is 44.5 Å². The third-order valence-corrected chi connectivity index (χ3v) is 22.4. The van der Waals surface area contributed by atoms with Crippen LogP contribution in [0, 0.1) is 0 Å². The van der Waals surface area contributed by atoms with Gasteiger partial charge in [-0.3, -0.25) is 9.97 Å². The van der Waals surface area contributed by atoms with Crippen LogP contribution in [0.2, 0.25) is 0 Å². The van der Waals surface area contributed by atoms with Crippen LogP contribution in [-0.4, -0.2) is 29.9 Å². The summed E-state index contributed by atoms with van der Waals surface area (Å²) in [5.74, 6) is 1.40. The first-order valence-corrected chi connectivity index (χ1v) is 36.2. The van der Waals surface area contributed by atoms with E-state index < -0.39 is 10.8 Å². The maximum atomic E-state index is 5.39. The number of aromatic nitrogens is 6. The van der Waals surface area contributed by atoms with E-state index in [9.17, 15) is 0 Å². The number of hydrogen-bond acceptors (Lipinski definition) is 6. The van der Waals surface area contributed by atoms with Crippen molar-refractivity contribution in [2.45, 2.75) is 10.8 Å². The van der Waals surface area contributed by atoms with Crippen LogP contribution < -0.4 is 0 Å². The molecule has 106 heavy (non-hydrogen) atoms. The molecule has 6 nitrogen and oxygen atoms in total. The fraction of sp³-hybridized carbons (Fsp3) is 0.0200. The lowest BCUT2D eigenvalue weighted by atomic mass is 9.70. The number of rotatable bonds is 8. The van der Waals surface area contributed by atoms with Crippen LogP contribution in [0.25, 0.3) is 156 Å². The molecule has 492 valence electrons. The number of pyridine rings is 2. The van der Waals surface area contributed by atoms with E-state index in [2.05, 4.69) is 350 Å². The van der Waals surface area contributed by atoms with Gasteiger partial charge in [-0.1, -0.05) is 297 Å². The number of fused-ring (bicyclic) bond motifs is 22. The highest BCUT2D eigenvalue weighted by molar-refractivity contribution is 6.00. The third-order valence-electron chi connectivity index (χ3n) is 22.4. The highest BCUT2D eigenvalue weighted by Crippen LogP contribution is 2.65. The van der Waals surface area contributed by atoms with Crippen LogP contribution in [0.4, 0.5) is 0 Å². The molecule has 4 aliphatic carbocycles. The molecule has 0 saturated heterocycles. The SMILES string of the molecule is c1cncc(-c2cccc(-c3cc(-c4ccc5ccccc5c4)nc(-c4ccc5c(c4)C4(c6ccccc6-c6ccccc64)c4ccccc4-5)n3)c2)c1.c1cncc(-c2cccc(-c3cc(-c4cccc5ccccc45)nc(-c4ccc5c(c4)C4(c6ccccc6-c6ccccc64)c4ccccc4-5)n3)c2)c1. The van der Waals surface area contributed by atoms with Crippen LogP contribution in [0.3, 0.4) is 0 Å². The first-order chi connectivity index (χ1) is 52.5. The van der Waals surface area contributed by atoms with Crippen LogP contribution in [-0.2, 0) is 10.8 Å². The van der Waals surface area contributed by atoms with Gasteiger partial charge >= 0.3 is 0 Å². The minimum absolute atomic E-state index is 0.439. The molecular weight excluding hydrogens is 1290 g/mol. The Morgan fingerprint density at radius 1 is 0.179 bits per heavy atom. The van der Waals surface area contributed by atoms with Crippen molar-refractivity contribution in [1.29, 1.82) is 0 Å². The minimum Gasteiger partial charge on any atom is -0.264 e. The van der Waals surface area contributed by atoms with Crippen molar-refractivity contribution in [3.05, 3.63) is 421 Å². The molecule has 0 atom stereocenters. The Kier molecular flexibility index (Phi) is 14.0. The maximum absolute atomic E-state index is 5.39. The van der Waals surface area contributed by atoms with Crippen molar-refractivity contribution in [2.24, 2.45) is 0 Å². The van der Waals surface area contributed by atoms with Crippen molar-refractivity contribution in [3.8, 4) is 135 Å². The quantitative estimate of drug-likeness (QED) is 0.151. The molecule has 4 heterocycles. The van der Waals surface area contributed by atoms with Gasteiger partial charge in [0.15, 0.2) is 11.6 Å². The summed E-state index contributed by atoms with van der Waals surface area (Å²) in [6.45, 7) is 0. The van der Waals surface area contributed by atoms with Gasteiger partial charge in [-0.15, -0.1) is 0 Å². The van der Waals surface area contributed by atoms with E-state index in [1.807, 2.05) is 36.9 Å². The largest absolute Gasteiger partial charge is 0.264 e. The van der Waals surface area contributed by atoms with E-state index >= 15 is 0 Å². The van der Waals surface area contributed by atoms with Gasteiger partial charge in [0, 0.05) is 69.3 Å². The van der Waals surface area contributed by atoms with E-state index in [0.717, 1.165) is 83.8 Å². The molecule has 0 N–H and O–H groups in total. The smallest absolute Gasteiger partial charge is 0.160 e. The molecule has 0 radical (unpaired) electrons.